The zero-order chi connectivity index (χ0) is 18.4. The summed E-state index contributed by atoms with van der Waals surface area (Å²) in [6.07, 6.45) is 4.14. The molecule has 3 rings (SSSR count). The van der Waals surface area contributed by atoms with Crippen LogP contribution in [0.2, 0.25) is 0 Å². The summed E-state index contributed by atoms with van der Waals surface area (Å²) in [7, 11) is 0. The molecule has 0 unspecified atom stereocenters. The van der Waals surface area contributed by atoms with E-state index in [9.17, 15) is 14.4 Å². The van der Waals surface area contributed by atoms with Crippen molar-refractivity contribution in [2.45, 2.75) is 38.6 Å². The molecule has 0 spiro atoms. The van der Waals surface area contributed by atoms with E-state index < -0.39 is 11.9 Å². The number of carbonyl (C=O) groups excluding carboxylic acids is 1. The van der Waals surface area contributed by atoms with Crippen molar-refractivity contribution in [1.29, 1.82) is 0 Å². The molecule has 2 aliphatic heterocycles. The molecular weight excluding hydrogens is 324 g/mol. The molecule has 0 saturated carbocycles. The maximum Gasteiger partial charge on any atom is 0.335 e. The maximum absolute atomic E-state index is 11.4. The fourth-order valence-electron chi connectivity index (χ4n) is 3.20. The molecule has 2 heterocycles. The van der Waals surface area contributed by atoms with Crippen LogP contribution in [-0.4, -0.2) is 58.6 Å². The van der Waals surface area contributed by atoms with Crippen molar-refractivity contribution >= 4 is 17.8 Å². The van der Waals surface area contributed by atoms with Crippen LogP contribution in [-0.2, 0) is 4.79 Å². The van der Waals surface area contributed by atoms with Crippen molar-refractivity contribution in [3.63, 3.8) is 0 Å². The second kappa shape index (κ2) is 8.62. The van der Waals surface area contributed by atoms with Crippen LogP contribution in [0.15, 0.2) is 18.2 Å². The molecule has 7 nitrogen and oxygen atoms in total. The lowest BCUT2D eigenvalue weighted by molar-refractivity contribution is -0.130. The lowest BCUT2D eigenvalue weighted by Crippen LogP contribution is -2.43. The predicted molar refractivity (Wildman–Crippen MR) is 91.9 cm³/mol. The fraction of sp³-hybridized carbons (Fsp3) is 0.500. The van der Waals surface area contributed by atoms with Gasteiger partial charge in [-0.05, 0) is 63.0 Å². The second-order valence-electron chi connectivity index (χ2n) is 6.37. The van der Waals surface area contributed by atoms with E-state index in [0.717, 1.165) is 51.4 Å². The van der Waals surface area contributed by atoms with Gasteiger partial charge in [-0.3, -0.25) is 4.79 Å². The highest BCUT2D eigenvalue weighted by Gasteiger charge is 2.28. The van der Waals surface area contributed by atoms with E-state index in [1.807, 2.05) is 0 Å². The molecule has 3 N–H and O–H groups in total. The molecule has 2 fully saturated rings. The predicted octanol–water partition coefficient (Wildman–Crippen LogP) is 1.75. The Labute approximate surface area is 146 Å². The fourth-order valence-corrected chi connectivity index (χ4v) is 3.20. The second-order valence-corrected chi connectivity index (χ2v) is 6.37. The highest BCUT2D eigenvalue weighted by Crippen LogP contribution is 2.19. The number of nitrogens with zero attached hydrogens (tertiary/aromatic N) is 1. The molecule has 0 aliphatic carbocycles. The van der Waals surface area contributed by atoms with Crippen molar-refractivity contribution in [2.75, 3.05) is 19.6 Å². The quantitative estimate of drug-likeness (QED) is 0.768. The molecule has 0 bridgehead atoms. The third kappa shape index (κ3) is 5.29. The third-order valence-electron chi connectivity index (χ3n) is 4.43. The van der Waals surface area contributed by atoms with Crippen LogP contribution in [0.25, 0.3) is 0 Å². The lowest BCUT2D eigenvalue weighted by atomic mass is 10.1. The largest absolute Gasteiger partial charge is 0.478 e. The van der Waals surface area contributed by atoms with Gasteiger partial charge in [-0.25, -0.2) is 9.59 Å². The van der Waals surface area contributed by atoms with Crippen LogP contribution < -0.4 is 5.32 Å². The molecule has 0 radical (unpaired) electrons. The Hall–Kier alpha value is -2.41. The van der Waals surface area contributed by atoms with Crippen molar-refractivity contribution in [2.24, 2.45) is 0 Å². The highest BCUT2D eigenvalue weighted by molar-refractivity contribution is 5.94. The summed E-state index contributed by atoms with van der Waals surface area (Å²) in [6.45, 7) is 4.81. The van der Waals surface area contributed by atoms with E-state index in [1.165, 1.54) is 12.1 Å². The van der Waals surface area contributed by atoms with Gasteiger partial charge in [0.25, 0.3) is 0 Å². The number of amides is 1. The van der Waals surface area contributed by atoms with Gasteiger partial charge in [0.05, 0.1) is 11.1 Å². The molecule has 136 valence electrons. The Morgan fingerprint density at radius 2 is 1.64 bits per heavy atom. The Morgan fingerprint density at radius 3 is 2.08 bits per heavy atom. The van der Waals surface area contributed by atoms with Crippen LogP contribution in [0.3, 0.4) is 0 Å². The SMILES string of the molecule is Cc1cc(C(=O)O)cc(C(=O)O)c1.O=C1CCCN1C1CCNCC1. The lowest BCUT2D eigenvalue weighted by Gasteiger charge is -2.31. The van der Waals surface area contributed by atoms with Gasteiger partial charge in [0.15, 0.2) is 0 Å². The molecule has 25 heavy (non-hydrogen) atoms. The smallest absolute Gasteiger partial charge is 0.335 e. The van der Waals surface area contributed by atoms with Gasteiger partial charge in [0.2, 0.25) is 5.91 Å². The maximum atomic E-state index is 11.4. The van der Waals surface area contributed by atoms with Crippen LogP contribution in [0.5, 0.6) is 0 Å². The van der Waals surface area contributed by atoms with E-state index in [1.54, 1.807) is 6.92 Å². The molecule has 0 aromatic heterocycles. The van der Waals surface area contributed by atoms with Crippen molar-refractivity contribution in [3.8, 4) is 0 Å². The van der Waals surface area contributed by atoms with Gasteiger partial charge < -0.3 is 20.4 Å². The number of likely N-dealkylation sites (tertiary alicyclic amines) is 1. The van der Waals surface area contributed by atoms with Crippen LogP contribution >= 0.6 is 0 Å². The van der Waals surface area contributed by atoms with Gasteiger partial charge in [-0.1, -0.05) is 0 Å². The first-order chi connectivity index (χ1) is 11.9. The summed E-state index contributed by atoms with van der Waals surface area (Å²) >= 11 is 0. The topological polar surface area (TPSA) is 107 Å². The Balaban J connectivity index is 0.000000181. The summed E-state index contributed by atoms with van der Waals surface area (Å²) in [5.41, 5.74) is 0.618. The number of piperidine rings is 1. The summed E-state index contributed by atoms with van der Waals surface area (Å²) in [5.74, 6) is -1.86. The number of benzene rings is 1. The zero-order valence-electron chi connectivity index (χ0n) is 14.3. The van der Waals surface area contributed by atoms with Crippen molar-refractivity contribution < 1.29 is 24.6 Å². The monoisotopic (exact) mass is 348 g/mol. The summed E-state index contributed by atoms with van der Waals surface area (Å²) in [5, 5.41) is 20.6. The van der Waals surface area contributed by atoms with Crippen LogP contribution in [0.1, 0.15) is 52.0 Å². The first-order valence-corrected chi connectivity index (χ1v) is 8.47. The number of rotatable bonds is 3. The summed E-state index contributed by atoms with van der Waals surface area (Å²) in [6, 6.07) is 4.53. The number of carboxylic acid groups (broad SMARTS) is 2. The standard InChI is InChI=1S/C9H16N2O.C9H8O4/c12-9-2-1-7-11(9)8-3-5-10-6-4-8;1-5-2-6(8(10)11)4-7(3-5)9(12)13/h8,10H,1-7H2;2-4H,1H3,(H,10,11)(H,12,13). The van der Waals surface area contributed by atoms with Crippen LogP contribution in [0, 0.1) is 6.92 Å². The average Bonchev–Trinajstić information content (AvgIpc) is 3.01. The van der Waals surface area contributed by atoms with Crippen LogP contribution in [0.4, 0.5) is 0 Å². The average molecular weight is 348 g/mol. The molecular formula is C18H24N2O5. The molecule has 1 aromatic rings. The van der Waals surface area contributed by atoms with Gasteiger partial charge in [-0.15, -0.1) is 0 Å². The Bertz CT molecular complexity index is 621. The minimum atomic E-state index is -1.12. The Morgan fingerprint density at radius 1 is 1.08 bits per heavy atom. The minimum Gasteiger partial charge on any atom is -0.478 e. The number of nitrogens with one attached hydrogen (secondary N) is 1. The number of aryl methyl sites for hydroxylation is 1. The normalized spacial score (nSPS) is 17.8. The highest BCUT2D eigenvalue weighted by atomic mass is 16.4. The first kappa shape index (κ1) is 18.9. The summed E-state index contributed by atoms with van der Waals surface area (Å²) in [4.78, 5) is 34.5. The van der Waals surface area contributed by atoms with Crippen molar-refractivity contribution in [3.05, 3.63) is 34.9 Å². The van der Waals surface area contributed by atoms with Gasteiger partial charge in [0, 0.05) is 19.0 Å². The number of hydrogen-bond donors (Lipinski definition) is 3. The molecule has 1 amide bonds. The molecule has 7 heteroatoms. The molecule has 2 saturated heterocycles. The van der Waals surface area contributed by atoms with E-state index >= 15 is 0 Å². The number of carbonyl (C=O) groups is 3. The van der Waals surface area contributed by atoms with E-state index in [4.69, 9.17) is 10.2 Å². The number of hydrogen-bond acceptors (Lipinski definition) is 4. The number of aromatic carboxylic acids is 2. The number of carboxylic acids is 2. The third-order valence-corrected chi connectivity index (χ3v) is 4.43. The summed E-state index contributed by atoms with van der Waals surface area (Å²) < 4.78 is 0. The Kier molecular flexibility index (Phi) is 6.52. The van der Waals surface area contributed by atoms with E-state index in [-0.39, 0.29) is 11.1 Å². The van der Waals surface area contributed by atoms with Gasteiger partial charge in [0.1, 0.15) is 0 Å². The minimum absolute atomic E-state index is 0.00241. The zero-order valence-corrected chi connectivity index (χ0v) is 14.3. The first-order valence-electron chi connectivity index (χ1n) is 8.47. The molecule has 0 atom stereocenters. The van der Waals surface area contributed by atoms with Gasteiger partial charge in [-0.2, -0.15) is 0 Å². The molecule has 2 aliphatic rings. The van der Waals surface area contributed by atoms with Crippen molar-refractivity contribution in [1.82, 2.24) is 10.2 Å². The van der Waals surface area contributed by atoms with E-state index in [2.05, 4.69) is 10.2 Å². The van der Waals surface area contributed by atoms with Gasteiger partial charge >= 0.3 is 11.9 Å². The molecule has 1 aromatic carbocycles. The van der Waals surface area contributed by atoms with E-state index in [0.29, 0.717) is 17.5 Å².